The van der Waals surface area contributed by atoms with Gasteiger partial charge in [-0.3, -0.25) is 13.9 Å². The first-order valence-electron chi connectivity index (χ1n) is 14.1. The zero-order chi connectivity index (χ0) is 31.6. The number of hydrogen-bond donors (Lipinski definition) is 1. The number of hydrogen-bond acceptors (Lipinski definition) is 5. The highest BCUT2D eigenvalue weighted by atomic mass is 35.5. The van der Waals surface area contributed by atoms with E-state index < -0.39 is 27.8 Å². The molecule has 0 saturated heterocycles. The van der Waals surface area contributed by atoms with Gasteiger partial charge in [-0.1, -0.05) is 74.0 Å². The van der Waals surface area contributed by atoms with Gasteiger partial charge in [0.15, 0.2) is 0 Å². The average Bonchev–Trinajstić information content (AvgIpc) is 2.96. The summed E-state index contributed by atoms with van der Waals surface area (Å²) in [5.74, 6) is -0.637. The van der Waals surface area contributed by atoms with E-state index in [1.165, 1.54) is 28.4 Å². The third kappa shape index (κ3) is 9.96. The maximum atomic E-state index is 14.8. The van der Waals surface area contributed by atoms with E-state index in [0.717, 1.165) is 11.8 Å². The molecule has 0 fully saturated rings. The van der Waals surface area contributed by atoms with Crippen LogP contribution in [0.25, 0.3) is 0 Å². The zero-order valence-electron chi connectivity index (χ0n) is 24.9. The highest BCUT2D eigenvalue weighted by Crippen LogP contribution is 2.30. The largest absolute Gasteiger partial charge is 0.495 e. The molecule has 0 heterocycles. The van der Waals surface area contributed by atoms with Crippen LogP contribution in [0.1, 0.15) is 37.8 Å². The lowest BCUT2D eigenvalue weighted by Crippen LogP contribution is -2.51. The molecule has 3 rings (SSSR count). The molecule has 0 saturated carbocycles. The summed E-state index contributed by atoms with van der Waals surface area (Å²) in [4.78, 5) is 28.8. The number of rotatable bonds is 15. The van der Waals surface area contributed by atoms with E-state index in [-0.39, 0.29) is 54.8 Å². The Bertz CT molecular complexity index is 1490. The van der Waals surface area contributed by atoms with Crippen LogP contribution in [0, 0.1) is 11.7 Å². The molecular formula is C32H39ClFN3O5S. The van der Waals surface area contributed by atoms with Crippen molar-refractivity contribution in [3.8, 4) is 5.75 Å². The summed E-state index contributed by atoms with van der Waals surface area (Å²) in [6.45, 7) is 4.22. The SMILES string of the molecule is COc1ccc(N(CCCC(=O)N(Cc2ccccc2F)C(Cc2ccccc2)C(=O)NCC(C)C)S(C)(=O)=O)cc1Cl. The van der Waals surface area contributed by atoms with Gasteiger partial charge in [0, 0.05) is 38.0 Å². The van der Waals surface area contributed by atoms with Crippen LogP contribution in [-0.4, -0.2) is 57.6 Å². The Labute approximate surface area is 258 Å². The molecule has 0 bridgehead atoms. The molecule has 3 aromatic rings. The number of nitrogens with zero attached hydrogens (tertiary/aromatic N) is 2. The fraction of sp³-hybridized carbons (Fsp3) is 0.375. The van der Waals surface area contributed by atoms with Gasteiger partial charge in [-0.2, -0.15) is 0 Å². The molecule has 8 nitrogen and oxygen atoms in total. The number of nitrogens with one attached hydrogen (secondary N) is 1. The van der Waals surface area contributed by atoms with Crippen LogP contribution in [0.3, 0.4) is 0 Å². The Kier molecular flexibility index (Phi) is 12.4. The highest BCUT2D eigenvalue weighted by molar-refractivity contribution is 7.92. The minimum atomic E-state index is -3.72. The number of amides is 2. The molecule has 3 aromatic carbocycles. The Hall–Kier alpha value is -3.63. The van der Waals surface area contributed by atoms with Crippen LogP contribution in [-0.2, 0) is 32.6 Å². The van der Waals surface area contributed by atoms with Crippen molar-refractivity contribution in [2.24, 2.45) is 5.92 Å². The van der Waals surface area contributed by atoms with Crippen molar-refractivity contribution in [1.29, 1.82) is 0 Å². The van der Waals surface area contributed by atoms with Gasteiger partial charge < -0.3 is 15.0 Å². The molecule has 0 aliphatic heterocycles. The molecule has 0 spiro atoms. The number of carbonyl (C=O) groups excluding carboxylic acids is 2. The van der Waals surface area contributed by atoms with Gasteiger partial charge in [-0.05, 0) is 42.2 Å². The fourth-order valence-electron chi connectivity index (χ4n) is 4.60. The molecule has 0 aliphatic carbocycles. The molecule has 232 valence electrons. The van der Waals surface area contributed by atoms with E-state index in [2.05, 4.69) is 5.32 Å². The van der Waals surface area contributed by atoms with Gasteiger partial charge in [-0.15, -0.1) is 0 Å². The highest BCUT2D eigenvalue weighted by Gasteiger charge is 2.31. The normalized spacial score (nSPS) is 12.1. The fourth-order valence-corrected chi connectivity index (χ4v) is 5.81. The van der Waals surface area contributed by atoms with Gasteiger partial charge >= 0.3 is 0 Å². The van der Waals surface area contributed by atoms with E-state index in [0.29, 0.717) is 18.0 Å². The number of ether oxygens (including phenoxy) is 1. The van der Waals surface area contributed by atoms with E-state index >= 15 is 0 Å². The molecule has 0 aromatic heterocycles. The molecule has 0 radical (unpaired) electrons. The molecule has 43 heavy (non-hydrogen) atoms. The van der Waals surface area contributed by atoms with Gasteiger partial charge in [0.2, 0.25) is 21.8 Å². The summed E-state index contributed by atoms with van der Waals surface area (Å²) in [6, 6.07) is 19.2. The van der Waals surface area contributed by atoms with Crippen LogP contribution in [0.2, 0.25) is 5.02 Å². The second kappa shape index (κ2) is 15.7. The summed E-state index contributed by atoms with van der Waals surface area (Å²) < 4.78 is 46.5. The van der Waals surface area contributed by atoms with E-state index in [1.807, 2.05) is 44.2 Å². The molecule has 11 heteroatoms. The third-order valence-corrected chi connectivity index (χ3v) is 8.32. The average molecular weight is 632 g/mol. The summed E-state index contributed by atoms with van der Waals surface area (Å²) >= 11 is 6.24. The Morgan fingerprint density at radius 1 is 1.02 bits per heavy atom. The molecule has 1 N–H and O–H groups in total. The van der Waals surface area contributed by atoms with Crippen molar-refractivity contribution in [3.05, 3.63) is 94.8 Å². The van der Waals surface area contributed by atoms with Gasteiger partial charge in [0.1, 0.15) is 17.6 Å². The number of methoxy groups -OCH3 is 1. The van der Waals surface area contributed by atoms with Gasteiger partial charge in [0.05, 0.1) is 24.1 Å². The first-order chi connectivity index (χ1) is 20.4. The van der Waals surface area contributed by atoms with Crippen LogP contribution in [0.15, 0.2) is 72.8 Å². The standard InChI is InChI=1S/C32H39ClFN3O5S/c1-23(2)21-35-32(39)29(19-24-11-6-5-7-12-24)36(22-25-13-8-9-14-28(25)34)31(38)15-10-18-37(43(4,40)41)26-16-17-30(42-3)27(33)20-26/h5-9,11-14,16-17,20,23,29H,10,15,18-19,21-22H2,1-4H3,(H,35,39). The summed E-state index contributed by atoms with van der Waals surface area (Å²) in [5.41, 5.74) is 1.45. The van der Waals surface area contributed by atoms with Crippen molar-refractivity contribution in [2.45, 2.75) is 45.7 Å². The van der Waals surface area contributed by atoms with E-state index in [1.54, 1.807) is 30.3 Å². The maximum absolute atomic E-state index is 14.8. The summed E-state index contributed by atoms with van der Waals surface area (Å²) in [5, 5.41) is 3.18. The Morgan fingerprint density at radius 2 is 1.70 bits per heavy atom. The molecule has 0 aliphatic rings. The first kappa shape index (κ1) is 33.9. The summed E-state index contributed by atoms with van der Waals surface area (Å²) in [7, 11) is -2.26. The quantitative estimate of drug-likeness (QED) is 0.241. The lowest BCUT2D eigenvalue weighted by atomic mass is 10.0. The van der Waals surface area contributed by atoms with Gasteiger partial charge in [-0.25, -0.2) is 12.8 Å². The molecular weight excluding hydrogens is 593 g/mol. The van der Waals surface area contributed by atoms with Crippen molar-refractivity contribution >= 4 is 39.1 Å². The van der Waals surface area contributed by atoms with Crippen LogP contribution in [0.5, 0.6) is 5.75 Å². The Balaban J connectivity index is 1.89. The third-order valence-electron chi connectivity index (χ3n) is 6.83. The van der Waals surface area contributed by atoms with E-state index in [4.69, 9.17) is 16.3 Å². The van der Waals surface area contributed by atoms with Crippen LogP contribution < -0.4 is 14.4 Å². The lowest BCUT2D eigenvalue weighted by molar-refractivity contribution is -0.141. The van der Waals surface area contributed by atoms with E-state index in [9.17, 15) is 22.4 Å². The van der Waals surface area contributed by atoms with Crippen LogP contribution in [0.4, 0.5) is 10.1 Å². The van der Waals surface area contributed by atoms with Crippen molar-refractivity contribution in [2.75, 3.05) is 30.8 Å². The summed E-state index contributed by atoms with van der Waals surface area (Å²) in [6.07, 6.45) is 1.37. The van der Waals surface area contributed by atoms with Crippen molar-refractivity contribution in [3.63, 3.8) is 0 Å². The minimum absolute atomic E-state index is 0.0103. The Morgan fingerprint density at radius 3 is 2.30 bits per heavy atom. The monoisotopic (exact) mass is 631 g/mol. The molecule has 1 atom stereocenters. The topological polar surface area (TPSA) is 96.0 Å². The maximum Gasteiger partial charge on any atom is 0.243 e. The van der Waals surface area contributed by atoms with Gasteiger partial charge in [0.25, 0.3) is 0 Å². The number of halogens is 2. The lowest BCUT2D eigenvalue weighted by Gasteiger charge is -2.32. The smallest absolute Gasteiger partial charge is 0.243 e. The second-order valence-electron chi connectivity index (χ2n) is 10.7. The molecule has 2 amide bonds. The minimum Gasteiger partial charge on any atom is -0.495 e. The second-order valence-corrected chi connectivity index (χ2v) is 13.0. The predicted octanol–water partition coefficient (Wildman–Crippen LogP) is 5.45. The predicted molar refractivity (Wildman–Crippen MR) is 168 cm³/mol. The number of benzene rings is 3. The zero-order valence-corrected chi connectivity index (χ0v) is 26.5. The first-order valence-corrected chi connectivity index (χ1v) is 16.3. The number of sulfonamides is 1. The van der Waals surface area contributed by atoms with Crippen molar-refractivity contribution < 1.29 is 27.1 Å². The number of carbonyl (C=O) groups is 2. The van der Waals surface area contributed by atoms with Crippen molar-refractivity contribution in [1.82, 2.24) is 10.2 Å². The number of anilines is 1. The van der Waals surface area contributed by atoms with Crippen LogP contribution >= 0.6 is 11.6 Å². The molecule has 1 unspecified atom stereocenters.